The number of benzene rings is 2. The van der Waals surface area contributed by atoms with E-state index in [2.05, 4.69) is 13.2 Å². The van der Waals surface area contributed by atoms with Gasteiger partial charge in [0.25, 0.3) is 0 Å². The summed E-state index contributed by atoms with van der Waals surface area (Å²) in [4.78, 5) is 23.6. The fraction of sp³-hybridized carbons (Fsp3) is 0.100. The van der Waals surface area contributed by atoms with Crippen molar-refractivity contribution in [3.05, 3.63) is 84.0 Å². The highest BCUT2D eigenvalue weighted by molar-refractivity contribution is 6.03. The molecule has 2 N–H and O–H groups in total. The van der Waals surface area contributed by atoms with Crippen LogP contribution in [0.3, 0.4) is 0 Å². The standard InChI is InChI=1S/C20H18O4/c1-3-7-13-9-5-11-15(17(13)19(21)22)16-12-6-10-14(8-4-2)18(16)20(23)24/h3-6,9-12H,1-2,7-8H2,(H,21,22)(H,23,24). The number of hydrogen-bond donors (Lipinski definition) is 2. The van der Waals surface area contributed by atoms with Crippen LogP contribution in [0.1, 0.15) is 31.8 Å². The normalized spacial score (nSPS) is 10.2. The van der Waals surface area contributed by atoms with E-state index in [1.807, 2.05) is 0 Å². The molecule has 2 aromatic rings. The third-order valence-corrected chi connectivity index (χ3v) is 3.75. The van der Waals surface area contributed by atoms with Crippen molar-refractivity contribution in [2.24, 2.45) is 0 Å². The molecule has 0 atom stereocenters. The first kappa shape index (κ1) is 17.2. The zero-order valence-electron chi connectivity index (χ0n) is 13.2. The summed E-state index contributed by atoms with van der Waals surface area (Å²) in [6.45, 7) is 7.29. The quantitative estimate of drug-likeness (QED) is 0.749. The van der Waals surface area contributed by atoms with Crippen LogP contribution in [-0.4, -0.2) is 22.2 Å². The maximum atomic E-state index is 11.8. The molecule has 4 nitrogen and oxygen atoms in total. The Kier molecular flexibility index (Phi) is 5.32. The Morgan fingerprint density at radius 2 is 1.17 bits per heavy atom. The number of allylic oxidation sites excluding steroid dienone is 2. The van der Waals surface area contributed by atoms with Gasteiger partial charge in [0.15, 0.2) is 0 Å². The van der Waals surface area contributed by atoms with E-state index in [4.69, 9.17) is 0 Å². The summed E-state index contributed by atoms with van der Waals surface area (Å²) in [5.41, 5.74) is 2.20. The molecule has 0 saturated carbocycles. The van der Waals surface area contributed by atoms with Crippen molar-refractivity contribution in [1.29, 1.82) is 0 Å². The van der Waals surface area contributed by atoms with Crippen LogP contribution in [0.2, 0.25) is 0 Å². The van der Waals surface area contributed by atoms with Crippen LogP contribution in [0, 0.1) is 0 Å². The van der Waals surface area contributed by atoms with Gasteiger partial charge in [-0.1, -0.05) is 48.6 Å². The maximum absolute atomic E-state index is 11.8. The fourth-order valence-electron chi connectivity index (χ4n) is 2.81. The highest BCUT2D eigenvalue weighted by Gasteiger charge is 2.22. The first-order chi connectivity index (χ1) is 11.5. The predicted molar refractivity (Wildman–Crippen MR) is 93.6 cm³/mol. The smallest absolute Gasteiger partial charge is 0.336 e. The van der Waals surface area contributed by atoms with Crippen LogP contribution in [0.25, 0.3) is 11.1 Å². The highest BCUT2D eigenvalue weighted by Crippen LogP contribution is 2.32. The maximum Gasteiger partial charge on any atom is 0.336 e. The molecule has 0 heterocycles. The minimum absolute atomic E-state index is 0.107. The average molecular weight is 322 g/mol. The molecule has 2 rings (SSSR count). The van der Waals surface area contributed by atoms with E-state index < -0.39 is 11.9 Å². The van der Waals surface area contributed by atoms with Crippen LogP contribution in [0.4, 0.5) is 0 Å². The molecule has 0 aliphatic rings. The van der Waals surface area contributed by atoms with Crippen molar-refractivity contribution < 1.29 is 19.8 Å². The second kappa shape index (κ2) is 7.42. The Morgan fingerprint density at radius 3 is 1.46 bits per heavy atom. The molecule has 0 spiro atoms. The van der Waals surface area contributed by atoms with Gasteiger partial charge in [-0.2, -0.15) is 0 Å². The lowest BCUT2D eigenvalue weighted by atomic mass is 9.89. The largest absolute Gasteiger partial charge is 0.478 e. The molecule has 0 fully saturated rings. The minimum atomic E-state index is -1.09. The Hall–Kier alpha value is -3.14. The Morgan fingerprint density at radius 1 is 0.792 bits per heavy atom. The Balaban J connectivity index is 2.81. The SMILES string of the molecule is C=CCc1cccc(-c2cccc(CC=C)c2C(=O)O)c1C(=O)O. The van der Waals surface area contributed by atoms with Crippen molar-refractivity contribution in [3.63, 3.8) is 0 Å². The van der Waals surface area contributed by atoms with Gasteiger partial charge >= 0.3 is 11.9 Å². The van der Waals surface area contributed by atoms with Gasteiger partial charge in [0, 0.05) is 0 Å². The molecular weight excluding hydrogens is 304 g/mol. The van der Waals surface area contributed by atoms with Gasteiger partial charge in [-0.25, -0.2) is 9.59 Å². The Bertz CT molecular complexity index is 749. The lowest BCUT2D eigenvalue weighted by Crippen LogP contribution is -2.09. The molecule has 4 heteroatoms. The molecule has 0 unspecified atom stereocenters. The van der Waals surface area contributed by atoms with Crippen LogP contribution in [0.5, 0.6) is 0 Å². The van der Waals surface area contributed by atoms with Gasteiger partial charge in [-0.3, -0.25) is 0 Å². The number of carbonyl (C=O) groups is 2. The third-order valence-electron chi connectivity index (χ3n) is 3.75. The molecule has 0 bridgehead atoms. The summed E-state index contributed by atoms with van der Waals surface area (Å²) in [7, 11) is 0. The second-order valence-corrected chi connectivity index (χ2v) is 5.28. The molecule has 0 aliphatic carbocycles. The molecule has 0 amide bonds. The van der Waals surface area contributed by atoms with Gasteiger partial charge in [0.1, 0.15) is 0 Å². The number of rotatable bonds is 7. The van der Waals surface area contributed by atoms with E-state index in [1.54, 1.807) is 48.6 Å². The summed E-state index contributed by atoms with van der Waals surface area (Å²) in [6, 6.07) is 10.1. The zero-order chi connectivity index (χ0) is 17.7. The molecule has 0 aromatic heterocycles. The van der Waals surface area contributed by atoms with E-state index in [0.717, 1.165) is 0 Å². The number of aromatic carboxylic acids is 2. The van der Waals surface area contributed by atoms with Gasteiger partial charge in [0.05, 0.1) is 11.1 Å². The molecule has 0 aliphatic heterocycles. The topological polar surface area (TPSA) is 74.6 Å². The summed E-state index contributed by atoms with van der Waals surface area (Å²) in [5.74, 6) is -2.18. The van der Waals surface area contributed by atoms with E-state index in [-0.39, 0.29) is 11.1 Å². The third kappa shape index (κ3) is 3.27. The second-order valence-electron chi connectivity index (χ2n) is 5.28. The monoisotopic (exact) mass is 322 g/mol. The fourth-order valence-corrected chi connectivity index (χ4v) is 2.81. The van der Waals surface area contributed by atoms with E-state index >= 15 is 0 Å². The number of carboxylic acid groups (broad SMARTS) is 2. The first-order valence-electron chi connectivity index (χ1n) is 7.43. The van der Waals surface area contributed by atoms with Gasteiger partial charge in [-0.05, 0) is 35.1 Å². The molecule has 0 saturated heterocycles. The van der Waals surface area contributed by atoms with Gasteiger partial charge in [0.2, 0.25) is 0 Å². The van der Waals surface area contributed by atoms with Crippen molar-refractivity contribution >= 4 is 11.9 Å². The molecular formula is C20H18O4. The molecule has 24 heavy (non-hydrogen) atoms. The van der Waals surface area contributed by atoms with Crippen molar-refractivity contribution in [2.75, 3.05) is 0 Å². The van der Waals surface area contributed by atoms with Crippen molar-refractivity contribution in [1.82, 2.24) is 0 Å². The predicted octanol–water partition coefficient (Wildman–Crippen LogP) is 4.21. The van der Waals surface area contributed by atoms with E-state index in [0.29, 0.717) is 35.1 Å². The highest BCUT2D eigenvalue weighted by atomic mass is 16.4. The van der Waals surface area contributed by atoms with Crippen molar-refractivity contribution in [2.45, 2.75) is 12.8 Å². The zero-order valence-corrected chi connectivity index (χ0v) is 13.2. The van der Waals surface area contributed by atoms with Crippen LogP contribution in [-0.2, 0) is 12.8 Å². The van der Waals surface area contributed by atoms with Crippen molar-refractivity contribution in [3.8, 4) is 11.1 Å². The van der Waals surface area contributed by atoms with Gasteiger partial charge < -0.3 is 10.2 Å². The number of hydrogen-bond acceptors (Lipinski definition) is 2. The van der Waals surface area contributed by atoms with E-state index in [1.165, 1.54) is 0 Å². The van der Waals surface area contributed by atoms with Gasteiger partial charge in [-0.15, -0.1) is 13.2 Å². The molecule has 2 aromatic carbocycles. The lowest BCUT2D eigenvalue weighted by Gasteiger charge is -2.15. The average Bonchev–Trinajstić information content (AvgIpc) is 2.54. The summed E-state index contributed by atoms with van der Waals surface area (Å²) in [6.07, 6.45) is 4.03. The summed E-state index contributed by atoms with van der Waals surface area (Å²) < 4.78 is 0. The van der Waals surface area contributed by atoms with E-state index in [9.17, 15) is 19.8 Å². The molecule has 122 valence electrons. The van der Waals surface area contributed by atoms with Crippen LogP contribution >= 0.6 is 0 Å². The molecule has 0 radical (unpaired) electrons. The summed E-state index contributed by atoms with van der Waals surface area (Å²) in [5, 5.41) is 19.3. The van der Waals surface area contributed by atoms with Crippen LogP contribution in [0.15, 0.2) is 61.7 Å². The Labute approximate surface area is 140 Å². The lowest BCUT2D eigenvalue weighted by molar-refractivity contribution is 0.0683. The number of carboxylic acids is 2. The van der Waals surface area contributed by atoms with Crippen LogP contribution < -0.4 is 0 Å². The minimum Gasteiger partial charge on any atom is -0.478 e. The first-order valence-corrected chi connectivity index (χ1v) is 7.43. The summed E-state index contributed by atoms with van der Waals surface area (Å²) >= 11 is 0.